The molecule has 0 saturated heterocycles. The smallest absolute Gasteiger partial charge is 0.264 e. The van der Waals surface area contributed by atoms with Crippen molar-refractivity contribution in [1.29, 1.82) is 0 Å². The second-order valence-corrected chi connectivity index (χ2v) is 14.3. The zero-order valence-corrected chi connectivity index (χ0v) is 28.2. The van der Waals surface area contributed by atoms with Crippen LogP contribution < -0.4 is 9.62 Å². The van der Waals surface area contributed by atoms with Crippen molar-refractivity contribution in [2.24, 2.45) is 0 Å². The van der Waals surface area contributed by atoms with E-state index in [2.05, 4.69) is 5.32 Å². The quantitative estimate of drug-likeness (QED) is 0.225. The van der Waals surface area contributed by atoms with Crippen LogP contribution >= 0.6 is 34.8 Å². The normalized spacial score (nSPS) is 14.6. The Labute approximate surface area is 275 Å². The lowest BCUT2D eigenvalue weighted by molar-refractivity contribution is -0.140. The minimum absolute atomic E-state index is 0.0260. The molecule has 1 N–H and O–H groups in total. The van der Waals surface area contributed by atoms with Crippen molar-refractivity contribution in [2.75, 3.05) is 10.8 Å². The SMILES string of the molecule is CCC(C(=O)NC1CCCCC1)N(Cc1c(Cl)cccc1Cl)C(=O)CN(c1cccc(Cl)c1C)S(=O)(=O)c1ccc(C)cc1. The second kappa shape index (κ2) is 15.0. The van der Waals surface area contributed by atoms with Gasteiger partial charge in [-0.05, 0) is 75.1 Å². The summed E-state index contributed by atoms with van der Waals surface area (Å²) in [7, 11) is -4.23. The zero-order valence-electron chi connectivity index (χ0n) is 25.2. The number of carbonyl (C=O) groups is 2. The van der Waals surface area contributed by atoms with Gasteiger partial charge in [0.2, 0.25) is 11.8 Å². The molecule has 2 amide bonds. The standard InChI is InChI=1S/C33H38Cl3N3O4S/c1-4-30(33(41)37-24-10-6-5-7-11-24)38(20-26-28(35)13-8-14-29(26)36)32(40)21-39(31-15-9-12-27(34)23(31)3)44(42,43)25-18-16-22(2)17-19-25/h8-9,12-19,24,30H,4-7,10-11,20-21H2,1-3H3,(H,37,41). The van der Waals surface area contributed by atoms with Crippen molar-refractivity contribution in [2.45, 2.75) is 82.8 Å². The van der Waals surface area contributed by atoms with Gasteiger partial charge in [-0.15, -0.1) is 0 Å². The Hall–Kier alpha value is -2.78. The number of sulfonamides is 1. The second-order valence-electron chi connectivity index (χ2n) is 11.2. The summed E-state index contributed by atoms with van der Waals surface area (Å²) in [5.41, 5.74) is 2.13. The molecular formula is C33H38Cl3N3O4S. The van der Waals surface area contributed by atoms with E-state index in [0.717, 1.165) is 42.0 Å². The van der Waals surface area contributed by atoms with Crippen LogP contribution in [0.3, 0.4) is 0 Å². The van der Waals surface area contributed by atoms with Crippen molar-refractivity contribution < 1.29 is 18.0 Å². The van der Waals surface area contributed by atoms with Crippen molar-refractivity contribution >= 4 is 62.3 Å². The lowest BCUT2D eigenvalue weighted by Crippen LogP contribution is -2.54. The van der Waals surface area contributed by atoms with Crippen LogP contribution in [0.2, 0.25) is 15.1 Å². The summed E-state index contributed by atoms with van der Waals surface area (Å²) >= 11 is 19.5. The van der Waals surface area contributed by atoms with E-state index in [-0.39, 0.29) is 29.1 Å². The van der Waals surface area contributed by atoms with Gasteiger partial charge >= 0.3 is 0 Å². The van der Waals surface area contributed by atoms with Crippen LogP contribution in [0.1, 0.15) is 62.1 Å². The number of anilines is 1. The number of benzene rings is 3. The van der Waals surface area contributed by atoms with Crippen LogP contribution in [0.4, 0.5) is 5.69 Å². The molecule has 1 aliphatic rings. The molecule has 0 spiro atoms. The Bertz CT molecular complexity index is 1570. The number of hydrogen-bond acceptors (Lipinski definition) is 4. The Balaban J connectivity index is 1.77. The van der Waals surface area contributed by atoms with E-state index in [1.165, 1.54) is 17.0 Å². The topological polar surface area (TPSA) is 86.8 Å². The van der Waals surface area contributed by atoms with Crippen molar-refractivity contribution in [3.05, 3.63) is 92.4 Å². The lowest BCUT2D eigenvalue weighted by atomic mass is 9.95. The maximum Gasteiger partial charge on any atom is 0.264 e. The maximum absolute atomic E-state index is 14.4. The summed E-state index contributed by atoms with van der Waals surface area (Å²) in [5.74, 6) is -0.871. The number of nitrogens with one attached hydrogen (secondary N) is 1. The molecule has 3 aromatic rings. The molecule has 0 heterocycles. The van der Waals surface area contributed by atoms with E-state index >= 15 is 0 Å². The van der Waals surface area contributed by atoms with Gasteiger partial charge in [0, 0.05) is 33.2 Å². The van der Waals surface area contributed by atoms with E-state index in [4.69, 9.17) is 34.8 Å². The van der Waals surface area contributed by atoms with Crippen molar-refractivity contribution in [3.63, 3.8) is 0 Å². The van der Waals surface area contributed by atoms with Crippen LogP contribution in [-0.2, 0) is 26.2 Å². The molecule has 0 aromatic heterocycles. The first-order valence-corrected chi connectivity index (χ1v) is 17.4. The Morgan fingerprint density at radius 2 is 1.48 bits per heavy atom. The first kappa shape index (κ1) is 34.1. The summed E-state index contributed by atoms with van der Waals surface area (Å²) in [4.78, 5) is 29.6. The molecule has 1 unspecified atom stereocenters. The highest BCUT2D eigenvalue weighted by Crippen LogP contribution is 2.32. The number of aryl methyl sites for hydroxylation is 1. The molecule has 236 valence electrons. The molecule has 0 aliphatic heterocycles. The van der Waals surface area contributed by atoms with E-state index < -0.39 is 28.5 Å². The lowest BCUT2D eigenvalue weighted by Gasteiger charge is -2.35. The molecular weight excluding hydrogens is 641 g/mol. The van der Waals surface area contributed by atoms with Gasteiger partial charge in [0.1, 0.15) is 12.6 Å². The predicted molar refractivity (Wildman–Crippen MR) is 178 cm³/mol. The summed E-state index contributed by atoms with van der Waals surface area (Å²) in [6, 6.07) is 15.5. The highest BCUT2D eigenvalue weighted by Gasteiger charge is 2.35. The molecule has 4 rings (SSSR count). The maximum atomic E-state index is 14.4. The summed E-state index contributed by atoms with van der Waals surface area (Å²) in [6.45, 7) is 4.72. The van der Waals surface area contributed by atoms with Crippen LogP contribution in [0.15, 0.2) is 65.6 Å². The monoisotopic (exact) mass is 677 g/mol. The number of nitrogens with zero attached hydrogens (tertiary/aromatic N) is 2. The minimum Gasteiger partial charge on any atom is -0.352 e. The molecule has 44 heavy (non-hydrogen) atoms. The molecule has 7 nitrogen and oxygen atoms in total. The van der Waals surface area contributed by atoms with Gasteiger partial charge in [-0.1, -0.05) is 90.8 Å². The molecule has 0 bridgehead atoms. The van der Waals surface area contributed by atoms with Crippen LogP contribution in [0.5, 0.6) is 0 Å². The fourth-order valence-corrected chi connectivity index (χ4v) is 7.69. The molecule has 11 heteroatoms. The summed E-state index contributed by atoms with van der Waals surface area (Å²) in [5, 5.41) is 4.17. The van der Waals surface area contributed by atoms with Crippen LogP contribution in [0, 0.1) is 13.8 Å². The number of rotatable bonds is 11. The van der Waals surface area contributed by atoms with E-state index in [0.29, 0.717) is 32.6 Å². The third-order valence-corrected chi connectivity index (χ3v) is 11.0. The Kier molecular flexibility index (Phi) is 11.6. The third kappa shape index (κ3) is 7.89. The minimum atomic E-state index is -4.23. The predicted octanol–water partition coefficient (Wildman–Crippen LogP) is 7.72. The van der Waals surface area contributed by atoms with E-state index in [1.807, 2.05) is 13.8 Å². The first-order chi connectivity index (χ1) is 20.9. The largest absolute Gasteiger partial charge is 0.352 e. The van der Waals surface area contributed by atoms with Gasteiger partial charge in [-0.2, -0.15) is 0 Å². The molecule has 1 fully saturated rings. The van der Waals surface area contributed by atoms with E-state index in [9.17, 15) is 18.0 Å². The fourth-order valence-electron chi connectivity index (χ4n) is 5.53. The van der Waals surface area contributed by atoms with Gasteiger partial charge in [-0.25, -0.2) is 8.42 Å². The molecule has 1 saturated carbocycles. The van der Waals surface area contributed by atoms with Crippen LogP contribution in [-0.4, -0.2) is 43.8 Å². The third-order valence-electron chi connectivity index (χ3n) is 8.12. The molecule has 3 aromatic carbocycles. The average Bonchev–Trinajstić information content (AvgIpc) is 2.99. The highest BCUT2D eigenvalue weighted by molar-refractivity contribution is 7.92. The Morgan fingerprint density at radius 3 is 2.09 bits per heavy atom. The molecule has 0 radical (unpaired) electrons. The first-order valence-electron chi connectivity index (χ1n) is 14.8. The Morgan fingerprint density at radius 1 is 0.886 bits per heavy atom. The fraction of sp³-hybridized carbons (Fsp3) is 0.394. The number of hydrogen-bond donors (Lipinski definition) is 1. The summed E-state index contributed by atoms with van der Waals surface area (Å²) in [6.07, 6.45) is 5.25. The number of amides is 2. The van der Waals surface area contributed by atoms with Gasteiger partial charge in [0.15, 0.2) is 0 Å². The van der Waals surface area contributed by atoms with E-state index in [1.54, 1.807) is 55.5 Å². The van der Waals surface area contributed by atoms with Gasteiger partial charge in [0.05, 0.1) is 10.6 Å². The van der Waals surface area contributed by atoms with Gasteiger partial charge < -0.3 is 10.2 Å². The number of halogens is 3. The average molecular weight is 679 g/mol. The number of carbonyl (C=O) groups excluding carboxylic acids is 2. The molecule has 1 aliphatic carbocycles. The van der Waals surface area contributed by atoms with Crippen molar-refractivity contribution in [1.82, 2.24) is 10.2 Å². The van der Waals surface area contributed by atoms with Gasteiger partial charge in [-0.3, -0.25) is 13.9 Å². The summed E-state index contributed by atoms with van der Waals surface area (Å²) < 4.78 is 29.4. The van der Waals surface area contributed by atoms with Crippen LogP contribution in [0.25, 0.3) is 0 Å². The zero-order chi connectivity index (χ0) is 32.0. The van der Waals surface area contributed by atoms with Gasteiger partial charge in [0.25, 0.3) is 10.0 Å². The molecule has 1 atom stereocenters. The highest BCUT2D eigenvalue weighted by atomic mass is 35.5. The van der Waals surface area contributed by atoms with Crippen molar-refractivity contribution in [3.8, 4) is 0 Å².